The molecule has 0 aliphatic heterocycles. The van der Waals surface area contributed by atoms with Crippen molar-refractivity contribution >= 4 is 48.6 Å². The van der Waals surface area contributed by atoms with Gasteiger partial charge in [-0.1, -0.05) is 129 Å². The van der Waals surface area contributed by atoms with Crippen LogP contribution < -0.4 is 4.90 Å². The van der Waals surface area contributed by atoms with Gasteiger partial charge < -0.3 is 4.90 Å². The molecule has 47 heavy (non-hydrogen) atoms. The molecule has 224 valence electrons. The highest BCUT2D eigenvalue weighted by molar-refractivity contribution is 7.25. The van der Waals surface area contributed by atoms with Gasteiger partial charge in [0.1, 0.15) is 0 Å². The van der Waals surface area contributed by atoms with Gasteiger partial charge in [-0.05, 0) is 87.5 Å². The molecule has 0 atom stereocenters. The van der Waals surface area contributed by atoms with Gasteiger partial charge in [0, 0.05) is 42.5 Å². The van der Waals surface area contributed by atoms with Crippen LogP contribution in [0, 0.1) is 0 Å². The van der Waals surface area contributed by atoms with E-state index in [1.807, 2.05) is 11.3 Å². The van der Waals surface area contributed by atoms with Gasteiger partial charge in [0.05, 0.1) is 5.69 Å². The first-order chi connectivity index (χ1) is 23.1. The topological polar surface area (TPSA) is 3.24 Å². The maximum atomic E-state index is 2.45. The smallest absolute Gasteiger partial charge is 0.0543 e. The van der Waals surface area contributed by atoms with Gasteiger partial charge >= 0.3 is 0 Å². The molecule has 0 bridgehead atoms. The van der Waals surface area contributed by atoms with Crippen molar-refractivity contribution in [3.63, 3.8) is 0 Å². The largest absolute Gasteiger partial charge is 0.310 e. The molecule has 0 fully saturated rings. The quantitative estimate of drug-likeness (QED) is 0.185. The Morgan fingerprint density at radius 3 is 1.96 bits per heavy atom. The number of thiophene rings is 1. The molecule has 0 amide bonds. The van der Waals surface area contributed by atoms with Crippen LogP contribution in [0.1, 0.15) is 25.0 Å². The number of anilines is 3. The highest BCUT2D eigenvalue weighted by Gasteiger charge is 2.37. The van der Waals surface area contributed by atoms with E-state index in [-0.39, 0.29) is 5.41 Å². The molecule has 1 aromatic heterocycles. The lowest BCUT2D eigenvalue weighted by atomic mass is 9.82. The zero-order chi connectivity index (χ0) is 31.5. The van der Waals surface area contributed by atoms with E-state index in [1.54, 1.807) is 0 Å². The van der Waals surface area contributed by atoms with Crippen LogP contribution in [0.25, 0.3) is 53.6 Å². The molecule has 7 aromatic carbocycles. The summed E-state index contributed by atoms with van der Waals surface area (Å²) in [5.74, 6) is 0. The predicted octanol–water partition coefficient (Wildman–Crippen LogP) is 13.2. The summed E-state index contributed by atoms with van der Waals surface area (Å²) < 4.78 is 2.67. The molecule has 1 aliphatic carbocycles. The van der Waals surface area contributed by atoms with Crippen molar-refractivity contribution in [2.75, 3.05) is 4.90 Å². The Bertz CT molecular complexity index is 2430. The van der Waals surface area contributed by atoms with Gasteiger partial charge in [-0.25, -0.2) is 0 Å². The Kier molecular flexibility index (Phi) is 6.41. The SMILES string of the molecule is CC1(C)c2ccccc2-c2c(N(c3ccc(-c4ccc5sc6ccccc6c5c4)cc3)c3cccc(-c4ccccc4)c3)cccc21. The molecule has 0 saturated heterocycles. The summed E-state index contributed by atoms with van der Waals surface area (Å²) in [6, 6.07) is 60.1. The number of benzene rings is 7. The molecule has 0 unspecified atom stereocenters. The van der Waals surface area contributed by atoms with E-state index in [0.717, 1.165) is 11.4 Å². The summed E-state index contributed by atoms with van der Waals surface area (Å²) >= 11 is 1.86. The van der Waals surface area contributed by atoms with Gasteiger partial charge in [-0.3, -0.25) is 0 Å². The average molecular weight is 620 g/mol. The van der Waals surface area contributed by atoms with Crippen LogP contribution in [0.3, 0.4) is 0 Å². The molecule has 0 N–H and O–H groups in total. The molecule has 0 spiro atoms. The molecule has 1 heterocycles. The number of nitrogens with zero attached hydrogens (tertiary/aromatic N) is 1. The summed E-state index contributed by atoms with van der Waals surface area (Å²) in [6.07, 6.45) is 0. The maximum Gasteiger partial charge on any atom is 0.0543 e. The second-order valence-corrected chi connectivity index (χ2v) is 14.1. The lowest BCUT2D eigenvalue weighted by Crippen LogP contribution is -2.16. The third-order valence-electron chi connectivity index (χ3n) is 9.87. The lowest BCUT2D eigenvalue weighted by Gasteiger charge is -2.29. The second kappa shape index (κ2) is 10.8. The van der Waals surface area contributed by atoms with Crippen LogP contribution >= 0.6 is 11.3 Å². The second-order valence-electron chi connectivity index (χ2n) is 13.0. The fourth-order valence-electron chi connectivity index (χ4n) is 7.51. The Balaban J connectivity index is 1.21. The van der Waals surface area contributed by atoms with E-state index in [4.69, 9.17) is 0 Å². The average Bonchev–Trinajstić information content (AvgIpc) is 3.61. The van der Waals surface area contributed by atoms with Crippen molar-refractivity contribution < 1.29 is 0 Å². The van der Waals surface area contributed by atoms with E-state index in [0.29, 0.717) is 0 Å². The zero-order valence-corrected chi connectivity index (χ0v) is 27.3. The number of rotatable bonds is 5. The van der Waals surface area contributed by atoms with E-state index in [1.165, 1.54) is 70.4 Å². The number of hydrogen-bond donors (Lipinski definition) is 0. The molecule has 8 aromatic rings. The Morgan fingerprint density at radius 1 is 0.447 bits per heavy atom. The maximum absolute atomic E-state index is 2.45. The molecule has 2 heteroatoms. The molecular formula is C45H33NS. The fraction of sp³-hybridized carbons (Fsp3) is 0.0667. The van der Waals surface area contributed by atoms with E-state index in [2.05, 4.69) is 183 Å². The van der Waals surface area contributed by atoms with Crippen molar-refractivity contribution in [3.8, 4) is 33.4 Å². The summed E-state index contributed by atoms with van der Waals surface area (Å²) in [5, 5.41) is 2.66. The van der Waals surface area contributed by atoms with Gasteiger partial charge in [-0.15, -0.1) is 11.3 Å². The van der Waals surface area contributed by atoms with Crippen LogP contribution in [0.15, 0.2) is 164 Å². The number of fused-ring (bicyclic) bond motifs is 6. The summed E-state index contributed by atoms with van der Waals surface area (Å²) in [5.41, 5.74) is 13.7. The minimum atomic E-state index is -0.0756. The highest BCUT2D eigenvalue weighted by Crippen LogP contribution is 2.54. The summed E-state index contributed by atoms with van der Waals surface area (Å²) in [7, 11) is 0. The standard InChI is InChI=1S/C45H33NS/c1-45(2)39-18-8-6-17-37(39)44-40(45)19-11-20-41(44)46(35-15-10-14-32(28-35)30-12-4-3-5-13-30)34-25-22-31(23-26-34)33-24-27-43-38(29-33)36-16-7-9-21-42(36)47-43/h3-29H,1-2H3. The van der Waals surface area contributed by atoms with Crippen LogP contribution in [-0.4, -0.2) is 0 Å². The predicted molar refractivity (Wildman–Crippen MR) is 202 cm³/mol. The van der Waals surface area contributed by atoms with Crippen molar-refractivity contribution in [2.45, 2.75) is 19.3 Å². The first-order valence-corrected chi connectivity index (χ1v) is 17.1. The first-order valence-electron chi connectivity index (χ1n) is 16.3. The third-order valence-corrected chi connectivity index (χ3v) is 11.0. The van der Waals surface area contributed by atoms with Gasteiger partial charge in [0.15, 0.2) is 0 Å². The minimum absolute atomic E-state index is 0.0756. The molecule has 1 aliphatic rings. The summed E-state index contributed by atoms with van der Waals surface area (Å²) in [4.78, 5) is 2.45. The Hall–Kier alpha value is -5.44. The van der Waals surface area contributed by atoms with Gasteiger partial charge in [0.25, 0.3) is 0 Å². The molecule has 1 nitrogen and oxygen atoms in total. The molecule has 0 saturated carbocycles. The normalized spacial score (nSPS) is 13.1. The minimum Gasteiger partial charge on any atom is -0.310 e. The summed E-state index contributed by atoms with van der Waals surface area (Å²) in [6.45, 7) is 4.70. The molecule has 0 radical (unpaired) electrons. The molecular weight excluding hydrogens is 587 g/mol. The van der Waals surface area contributed by atoms with Crippen LogP contribution in [0.4, 0.5) is 17.1 Å². The van der Waals surface area contributed by atoms with Gasteiger partial charge in [0.2, 0.25) is 0 Å². The highest BCUT2D eigenvalue weighted by atomic mass is 32.1. The molecule has 9 rings (SSSR count). The van der Waals surface area contributed by atoms with Crippen LogP contribution in [0.2, 0.25) is 0 Å². The van der Waals surface area contributed by atoms with Crippen LogP contribution in [0.5, 0.6) is 0 Å². The van der Waals surface area contributed by atoms with E-state index < -0.39 is 0 Å². The monoisotopic (exact) mass is 619 g/mol. The van der Waals surface area contributed by atoms with E-state index in [9.17, 15) is 0 Å². The first kappa shape index (κ1) is 27.8. The Morgan fingerprint density at radius 2 is 1.09 bits per heavy atom. The third kappa shape index (κ3) is 4.52. The fourth-order valence-corrected chi connectivity index (χ4v) is 8.60. The van der Waals surface area contributed by atoms with Crippen LogP contribution in [-0.2, 0) is 5.41 Å². The lowest BCUT2D eigenvalue weighted by molar-refractivity contribution is 0.660. The van der Waals surface area contributed by atoms with Crippen molar-refractivity contribution in [2.24, 2.45) is 0 Å². The Labute approximate surface area is 280 Å². The van der Waals surface area contributed by atoms with Crippen molar-refractivity contribution in [1.82, 2.24) is 0 Å². The number of hydrogen-bond acceptors (Lipinski definition) is 2. The van der Waals surface area contributed by atoms with Crippen molar-refractivity contribution in [1.29, 1.82) is 0 Å². The van der Waals surface area contributed by atoms with Crippen molar-refractivity contribution in [3.05, 3.63) is 175 Å². The zero-order valence-electron chi connectivity index (χ0n) is 26.4. The van der Waals surface area contributed by atoms with Gasteiger partial charge in [-0.2, -0.15) is 0 Å². The van der Waals surface area contributed by atoms with E-state index >= 15 is 0 Å².